The van der Waals surface area contributed by atoms with Crippen LogP contribution in [0.4, 0.5) is 4.39 Å². The fourth-order valence-electron chi connectivity index (χ4n) is 3.49. The first-order chi connectivity index (χ1) is 13.2. The Morgan fingerprint density at radius 3 is 2.63 bits per heavy atom. The highest BCUT2D eigenvalue weighted by Crippen LogP contribution is 2.31. The van der Waals surface area contributed by atoms with Gasteiger partial charge >= 0.3 is 0 Å². The Labute approximate surface area is 160 Å². The molecule has 0 saturated carbocycles. The van der Waals surface area contributed by atoms with E-state index in [1.807, 2.05) is 31.2 Å². The predicted molar refractivity (Wildman–Crippen MR) is 105 cm³/mol. The van der Waals surface area contributed by atoms with E-state index < -0.39 is 0 Å². The monoisotopic (exact) mass is 370 g/mol. The van der Waals surface area contributed by atoms with E-state index in [-0.39, 0.29) is 11.7 Å². The summed E-state index contributed by atoms with van der Waals surface area (Å²) in [5, 5.41) is 6.28. The van der Waals surface area contributed by atoms with Gasteiger partial charge in [-0.2, -0.15) is 0 Å². The molecule has 27 heavy (non-hydrogen) atoms. The highest BCUT2D eigenvalue weighted by molar-refractivity contribution is 5.94. The topological polar surface area (TPSA) is 50.4 Å². The fourth-order valence-corrected chi connectivity index (χ4v) is 3.49. The average molecular weight is 370 g/mol. The highest BCUT2D eigenvalue weighted by atomic mass is 19.1. The van der Waals surface area contributed by atoms with Crippen LogP contribution in [0.3, 0.4) is 0 Å². The molecule has 4 nitrogen and oxygen atoms in total. The van der Waals surface area contributed by atoms with Gasteiger partial charge in [0.25, 0.3) is 5.91 Å². The van der Waals surface area contributed by atoms with Gasteiger partial charge in [0.15, 0.2) is 0 Å². The van der Waals surface area contributed by atoms with Gasteiger partial charge in [0.05, 0.1) is 6.61 Å². The number of hydrogen-bond acceptors (Lipinski definition) is 3. The first kappa shape index (κ1) is 19.4. The molecule has 0 bridgehead atoms. The molecule has 1 aliphatic rings. The van der Waals surface area contributed by atoms with Crippen LogP contribution in [0.25, 0.3) is 0 Å². The zero-order valence-electron chi connectivity index (χ0n) is 15.7. The van der Waals surface area contributed by atoms with Crippen molar-refractivity contribution in [2.24, 2.45) is 5.92 Å². The van der Waals surface area contributed by atoms with E-state index in [1.165, 1.54) is 12.1 Å². The van der Waals surface area contributed by atoms with Crippen molar-refractivity contribution < 1.29 is 13.9 Å². The van der Waals surface area contributed by atoms with E-state index >= 15 is 0 Å². The number of rotatable bonds is 7. The molecule has 1 heterocycles. The summed E-state index contributed by atoms with van der Waals surface area (Å²) in [5.41, 5.74) is 1.80. The molecule has 2 N–H and O–H groups in total. The van der Waals surface area contributed by atoms with Crippen LogP contribution >= 0.6 is 0 Å². The molecule has 0 spiro atoms. The summed E-state index contributed by atoms with van der Waals surface area (Å²) < 4.78 is 19.2. The summed E-state index contributed by atoms with van der Waals surface area (Å²) in [6, 6.07) is 14.1. The number of nitrogens with one attached hydrogen (secondary N) is 2. The third kappa shape index (κ3) is 5.30. The molecule has 0 unspecified atom stereocenters. The summed E-state index contributed by atoms with van der Waals surface area (Å²) in [6.45, 7) is 5.11. The lowest BCUT2D eigenvalue weighted by atomic mass is 9.81. The minimum Gasteiger partial charge on any atom is -0.493 e. The largest absolute Gasteiger partial charge is 0.493 e. The number of carbonyl (C=O) groups is 1. The highest BCUT2D eigenvalue weighted by Gasteiger charge is 2.27. The standard InChI is InChI=1S/C22H27FN2O2/c1-2-12-25-22(26)17-5-9-20(10-6-17)27-15-18-14-24-13-11-21(18)16-3-7-19(23)8-4-16/h3-10,18,21,24H,2,11-15H2,1H3,(H,25,26)/t18-,21-/m0/s1. The minimum absolute atomic E-state index is 0.0590. The maximum Gasteiger partial charge on any atom is 0.251 e. The van der Waals surface area contributed by atoms with Crippen molar-refractivity contribution in [1.29, 1.82) is 0 Å². The van der Waals surface area contributed by atoms with Crippen LogP contribution in [-0.4, -0.2) is 32.1 Å². The van der Waals surface area contributed by atoms with Crippen molar-refractivity contribution in [2.45, 2.75) is 25.7 Å². The number of carbonyl (C=O) groups excluding carboxylic acids is 1. The SMILES string of the molecule is CCCNC(=O)c1ccc(OC[C@@H]2CNCC[C@H]2c2ccc(F)cc2)cc1. The molecule has 0 aliphatic carbocycles. The smallest absolute Gasteiger partial charge is 0.251 e. The number of hydrogen-bond donors (Lipinski definition) is 2. The molecule has 144 valence electrons. The lowest BCUT2D eigenvalue weighted by molar-refractivity contribution is 0.0953. The summed E-state index contributed by atoms with van der Waals surface area (Å²) in [4.78, 5) is 12.0. The fraction of sp³-hybridized carbons (Fsp3) is 0.409. The predicted octanol–water partition coefficient (Wildman–Crippen LogP) is 3.74. The molecule has 2 aromatic rings. The Morgan fingerprint density at radius 2 is 1.93 bits per heavy atom. The molecule has 3 rings (SSSR count). The zero-order valence-corrected chi connectivity index (χ0v) is 15.7. The van der Waals surface area contributed by atoms with Crippen LogP contribution in [0.1, 0.15) is 41.6 Å². The van der Waals surface area contributed by atoms with Gasteiger partial charge in [0.2, 0.25) is 0 Å². The second-order valence-corrected chi connectivity index (χ2v) is 7.00. The number of benzene rings is 2. The third-order valence-corrected chi connectivity index (χ3v) is 5.02. The van der Waals surface area contributed by atoms with E-state index in [1.54, 1.807) is 12.1 Å². The number of piperidine rings is 1. The van der Waals surface area contributed by atoms with E-state index in [2.05, 4.69) is 10.6 Å². The quantitative estimate of drug-likeness (QED) is 0.781. The molecule has 1 amide bonds. The lowest BCUT2D eigenvalue weighted by Crippen LogP contribution is -2.38. The molecule has 1 fully saturated rings. The van der Waals surface area contributed by atoms with Gasteiger partial charge in [-0.3, -0.25) is 4.79 Å². The minimum atomic E-state index is -0.205. The summed E-state index contributed by atoms with van der Waals surface area (Å²) in [6.07, 6.45) is 1.92. The molecule has 5 heteroatoms. The Bertz CT molecular complexity index is 731. The molecule has 2 aromatic carbocycles. The van der Waals surface area contributed by atoms with Gasteiger partial charge in [-0.05, 0) is 67.3 Å². The van der Waals surface area contributed by atoms with Crippen LogP contribution in [0.2, 0.25) is 0 Å². The molecular formula is C22H27FN2O2. The van der Waals surface area contributed by atoms with Gasteiger partial charge in [-0.15, -0.1) is 0 Å². The van der Waals surface area contributed by atoms with Crippen molar-refractivity contribution in [3.8, 4) is 5.75 Å². The maximum atomic E-state index is 13.2. The van der Waals surface area contributed by atoms with Gasteiger partial charge in [0.1, 0.15) is 11.6 Å². The van der Waals surface area contributed by atoms with Gasteiger partial charge < -0.3 is 15.4 Å². The second-order valence-electron chi connectivity index (χ2n) is 7.00. The lowest BCUT2D eigenvalue weighted by Gasteiger charge is -2.32. The molecule has 0 radical (unpaired) electrons. The van der Waals surface area contributed by atoms with Crippen molar-refractivity contribution in [3.05, 3.63) is 65.5 Å². The average Bonchev–Trinajstić information content (AvgIpc) is 2.72. The Kier molecular flexibility index (Phi) is 6.82. The van der Waals surface area contributed by atoms with Crippen LogP contribution < -0.4 is 15.4 Å². The van der Waals surface area contributed by atoms with Crippen LogP contribution in [0.15, 0.2) is 48.5 Å². The third-order valence-electron chi connectivity index (χ3n) is 5.02. The van der Waals surface area contributed by atoms with E-state index in [4.69, 9.17) is 4.74 Å². The summed E-state index contributed by atoms with van der Waals surface area (Å²) in [7, 11) is 0. The Balaban J connectivity index is 1.59. The van der Waals surface area contributed by atoms with Crippen molar-refractivity contribution in [2.75, 3.05) is 26.2 Å². The Morgan fingerprint density at radius 1 is 1.19 bits per heavy atom. The first-order valence-corrected chi connectivity index (χ1v) is 9.64. The van der Waals surface area contributed by atoms with E-state index in [0.717, 1.165) is 37.2 Å². The van der Waals surface area contributed by atoms with Gasteiger partial charge in [-0.25, -0.2) is 4.39 Å². The van der Waals surface area contributed by atoms with Gasteiger partial charge in [0, 0.05) is 24.6 Å². The summed E-state index contributed by atoms with van der Waals surface area (Å²) in [5.74, 6) is 1.16. The number of amides is 1. The maximum absolute atomic E-state index is 13.2. The van der Waals surface area contributed by atoms with Crippen LogP contribution in [0.5, 0.6) is 5.75 Å². The zero-order chi connectivity index (χ0) is 19.1. The van der Waals surface area contributed by atoms with E-state index in [9.17, 15) is 9.18 Å². The van der Waals surface area contributed by atoms with Crippen molar-refractivity contribution >= 4 is 5.91 Å². The number of halogens is 1. The molecule has 1 aliphatic heterocycles. The second kappa shape index (κ2) is 9.51. The molecule has 1 saturated heterocycles. The van der Waals surface area contributed by atoms with Crippen LogP contribution in [-0.2, 0) is 0 Å². The van der Waals surface area contributed by atoms with Crippen molar-refractivity contribution in [1.82, 2.24) is 10.6 Å². The first-order valence-electron chi connectivity index (χ1n) is 9.64. The number of ether oxygens (including phenoxy) is 1. The molecule has 0 aromatic heterocycles. The normalized spacial score (nSPS) is 19.5. The van der Waals surface area contributed by atoms with Crippen molar-refractivity contribution in [3.63, 3.8) is 0 Å². The van der Waals surface area contributed by atoms with E-state index in [0.29, 0.717) is 30.6 Å². The van der Waals surface area contributed by atoms with Gasteiger partial charge in [-0.1, -0.05) is 19.1 Å². The van der Waals surface area contributed by atoms with Crippen LogP contribution in [0, 0.1) is 11.7 Å². The molecule has 2 atom stereocenters. The molecular weight excluding hydrogens is 343 g/mol. The summed E-state index contributed by atoms with van der Waals surface area (Å²) >= 11 is 0. The Hall–Kier alpha value is -2.40.